The molecule has 1 amide bonds. The fourth-order valence-electron chi connectivity index (χ4n) is 2.39. The second kappa shape index (κ2) is 5.25. The van der Waals surface area contributed by atoms with Gasteiger partial charge < -0.3 is 10.2 Å². The number of halogens is 1. The van der Waals surface area contributed by atoms with E-state index in [0.29, 0.717) is 11.0 Å². The molecule has 0 bridgehead atoms. The Morgan fingerprint density at radius 3 is 2.47 bits per heavy atom. The highest BCUT2D eigenvalue weighted by Gasteiger charge is 2.49. The summed E-state index contributed by atoms with van der Waals surface area (Å²) in [5.41, 5.74) is 0.957. The lowest BCUT2D eigenvalue weighted by Gasteiger charge is -2.55. The second-order valence-corrected chi connectivity index (χ2v) is 5.07. The van der Waals surface area contributed by atoms with Gasteiger partial charge in [0.15, 0.2) is 0 Å². The van der Waals surface area contributed by atoms with Crippen molar-refractivity contribution in [2.45, 2.75) is 20.8 Å². The maximum absolute atomic E-state index is 13.3. The van der Waals surface area contributed by atoms with Gasteiger partial charge in [0, 0.05) is 37.2 Å². The number of nitrogens with one attached hydrogen (secondary N) is 1. The first-order valence-corrected chi connectivity index (χ1v) is 6.73. The van der Waals surface area contributed by atoms with Crippen molar-refractivity contribution in [2.24, 2.45) is 5.41 Å². The summed E-state index contributed by atoms with van der Waals surface area (Å²) in [5, 5.41) is 3.21. The monoisotopic (exact) mass is 265 g/mol. The van der Waals surface area contributed by atoms with Crippen molar-refractivity contribution in [2.75, 3.05) is 26.2 Å². The molecule has 0 radical (unpaired) electrons. The van der Waals surface area contributed by atoms with Gasteiger partial charge >= 0.3 is 0 Å². The molecule has 0 unspecified atom stereocenters. The molecule has 1 aromatic heterocycles. The van der Waals surface area contributed by atoms with Crippen LogP contribution < -0.4 is 5.32 Å². The Kier molecular flexibility index (Phi) is 3.85. The van der Waals surface area contributed by atoms with Gasteiger partial charge in [-0.2, -0.15) is 4.39 Å². The summed E-state index contributed by atoms with van der Waals surface area (Å²) >= 11 is 0. The lowest BCUT2D eigenvalue weighted by atomic mass is 9.74. The minimum atomic E-state index is -0.559. The van der Waals surface area contributed by atoms with Gasteiger partial charge in [0.05, 0.1) is 0 Å². The standard InChI is InChI=1S/C12H14FN3O.C2H6/c1-8-2-3-9(15-10(8)13)11(17)16-6-12(7-16)4-14-5-12;1-2/h2-3,14H,4-7H2,1H3;1-2H3. The van der Waals surface area contributed by atoms with E-state index in [2.05, 4.69) is 10.3 Å². The SMILES string of the molecule is CC.Cc1ccc(C(=O)N2CC3(CNC3)C2)nc1F. The van der Waals surface area contributed by atoms with Crippen LogP contribution >= 0.6 is 0 Å². The Bertz CT molecular complexity index is 478. The van der Waals surface area contributed by atoms with Crippen LogP contribution in [-0.4, -0.2) is 42.0 Å². The molecule has 1 spiro atoms. The molecule has 0 saturated carbocycles. The first-order valence-electron chi connectivity index (χ1n) is 6.73. The molecule has 2 saturated heterocycles. The molecule has 19 heavy (non-hydrogen) atoms. The van der Waals surface area contributed by atoms with Crippen LogP contribution in [0.2, 0.25) is 0 Å². The van der Waals surface area contributed by atoms with Gasteiger partial charge in [-0.15, -0.1) is 0 Å². The molecular formula is C14H20FN3O. The normalized spacial score (nSPS) is 19.1. The Hall–Kier alpha value is -1.49. The van der Waals surface area contributed by atoms with Crippen molar-refractivity contribution in [1.29, 1.82) is 0 Å². The Balaban J connectivity index is 0.000000637. The van der Waals surface area contributed by atoms with Crippen LogP contribution in [0, 0.1) is 18.3 Å². The molecule has 5 heteroatoms. The third-order valence-electron chi connectivity index (χ3n) is 3.59. The van der Waals surface area contributed by atoms with E-state index in [9.17, 15) is 9.18 Å². The number of nitrogens with zero attached hydrogens (tertiary/aromatic N) is 2. The minimum Gasteiger partial charge on any atom is -0.336 e. The summed E-state index contributed by atoms with van der Waals surface area (Å²) < 4.78 is 13.3. The third-order valence-corrected chi connectivity index (χ3v) is 3.59. The molecule has 2 aliphatic heterocycles. The largest absolute Gasteiger partial charge is 0.336 e. The van der Waals surface area contributed by atoms with E-state index in [1.165, 1.54) is 0 Å². The molecule has 104 valence electrons. The number of carbonyl (C=O) groups excluding carboxylic acids is 1. The highest BCUT2D eigenvalue weighted by Crippen LogP contribution is 2.34. The lowest BCUT2D eigenvalue weighted by Crippen LogP contribution is -2.71. The summed E-state index contributed by atoms with van der Waals surface area (Å²) in [6.45, 7) is 9.11. The predicted octanol–water partition coefficient (Wildman–Crippen LogP) is 1.60. The van der Waals surface area contributed by atoms with Crippen LogP contribution in [0.25, 0.3) is 0 Å². The average molecular weight is 265 g/mol. The van der Waals surface area contributed by atoms with Gasteiger partial charge in [-0.3, -0.25) is 4.79 Å². The van der Waals surface area contributed by atoms with E-state index in [0.717, 1.165) is 26.2 Å². The first-order chi connectivity index (χ1) is 9.10. The first kappa shape index (κ1) is 13.9. The Labute approximate surface area is 113 Å². The minimum absolute atomic E-state index is 0.165. The molecule has 2 aliphatic rings. The number of aryl methyl sites for hydroxylation is 1. The molecular weight excluding hydrogens is 245 g/mol. The third kappa shape index (κ3) is 2.47. The Morgan fingerprint density at radius 2 is 2.00 bits per heavy atom. The summed E-state index contributed by atoms with van der Waals surface area (Å²) in [7, 11) is 0. The van der Waals surface area contributed by atoms with E-state index in [4.69, 9.17) is 0 Å². The predicted molar refractivity (Wildman–Crippen MR) is 71.5 cm³/mol. The quantitative estimate of drug-likeness (QED) is 0.785. The Morgan fingerprint density at radius 1 is 1.37 bits per heavy atom. The average Bonchev–Trinajstić information content (AvgIpc) is 2.31. The van der Waals surface area contributed by atoms with Crippen molar-refractivity contribution < 1.29 is 9.18 Å². The van der Waals surface area contributed by atoms with Crippen LogP contribution in [0.15, 0.2) is 12.1 Å². The van der Waals surface area contributed by atoms with Gasteiger partial charge in [-0.05, 0) is 13.0 Å². The molecule has 0 atom stereocenters. The number of likely N-dealkylation sites (tertiary alicyclic amines) is 1. The molecule has 0 aromatic carbocycles. The van der Waals surface area contributed by atoms with Crippen molar-refractivity contribution in [3.05, 3.63) is 29.3 Å². The number of hydrogen-bond acceptors (Lipinski definition) is 3. The molecule has 1 aromatic rings. The number of amides is 1. The topological polar surface area (TPSA) is 45.2 Å². The molecule has 3 rings (SSSR count). The number of hydrogen-bond donors (Lipinski definition) is 1. The summed E-state index contributed by atoms with van der Waals surface area (Å²) in [6, 6.07) is 3.18. The fraction of sp³-hybridized carbons (Fsp3) is 0.571. The van der Waals surface area contributed by atoms with Crippen LogP contribution in [0.5, 0.6) is 0 Å². The van der Waals surface area contributed by atoms with Gasteiger partial charge in [0.2, 0.25) is 5.95 Å². The van der Waals surface area contributed by atoms with Crippen molar-refractivity contribution >= 4 is 5.91 Å². The fourth-order valence-corrected chi connectivity index (χ4v) is 2.39. The van der Waals surface area contributed by atoms with E-state index < -0.39 is 5.95 Å². The summed E-state index contributed by atoms with van der Waals surface area (Å²) in [4.78, 5) is 17.4. The van der Waals surface area contributed by atoms with Gasteiger partial charge in [0.25, 0.3) is 5.91 Å². The highest BCUT2D eigenvalue weighted by molar-refractivity contribution is 5.93. The van der Waals surface area contributed by atoms with Crippen LogP contribution in [-0.2, 0) is 0 Å². The lowest BCUT2D eigenvalue weighted by molar-refractivity contribution is -0.0252. The van der Waals surface area contributed by atoms with E-state index in [1.807, 2.05) is 13.8 Å². The smallest absolute Gasteiger partial charge is 0.272 e. The maximum Gasteiger partial charge on any atom is 0.272 e. The number of aromatic nitrogens is 1. The summed E-state index contributed by atoms with van der Waals surface area (Å²) in [6.07, 6.45) is 0. The van der Waals surface area contributed by atoms with Crippen LogP contribution in [0.1, 0.15) is 29.9 Å². The van der Waals surface area contributed by atoms with Gasteiger partial charge in [-0.25, -0.2) is 4.98 Å². The molecule has 3 heterocycles. The summed E-state index contributed by atoms with van der Waals surface area (Å²) in [5.74, 6) is -0.724. The van der Waals surface area contributed by atoms with Crippen molar-refractivity contribution in [3.63, 3.8) is 0 Å². The van der Waals surface area contributed by atoms with Crippen LogP contribution in [0.3, 0.4) is 0 Å². The zero-order valence-corrected chi connectivity index (χ0v) is 11.7. The molecule has 4 nitrogen and oxygen atoms in total. The van der Waals surface area contributed by atoms with Crippen LogP contribution in [0.4, 0.5) is 4.39 Å². The second-order valence-electron chi connectivity index (χ2n) is 5.07. The maximum atomic E-state index is 13.3. The van der Waals surface area contributed by atoms with Crippen molar-refractivity contribution in [1.82, 2.24) is 15.2 Å². The number of rotatable bonds is 1. The number of pyridine rings is 1. The van der Waals surface area contributed by atoms with Crippen molar-refractivity contribution in [3.8, 4) is 0 Å². The van der Waals surface area contributed by atoms with E-state index in [1.54, 1.807) is 24.0 Å². The highest BCUT2D eigenvalue weighted by atomic mass is 19.1. The zero-order chi connectivity index (χ0) is 14.0. The number of carbonyl (C=O) groups is 1. The zero-order valence-electron chi connectivity index (χ0n) is 11.7. The molecule has 2 fully saturated rings. The van der Waals surface area contributed by atoms with Gasteiger partial charge in [-0.1, -0.05) is 19.9 Å². The molecule has 0 aliphatic carbocycles. The van der Waals surface area contributed by atoms with Gasteiger partial charge in [0.1, 0.15) is 5.69 Å². The van der Waals surface area contributed by atoms with E-state index >= 15 is 0 Å². The van der Waals surface area contributed by atoms with E-state index in [-0.39, 0.29) is 11.6 Å². The molecule has 1 N–H and O–H groups in total.